The highest BCUT2D eigenvalue weighted by molar-refractivity contribution is 6.31. The SMILES string of the molecule is Cc1ccccc1CN1CCC(NC(=O)c2ccc(=O)n(Cc3ccccc3Cl)c2)CC1. The molecule has 1 saturated heterocycles. The van der Waals surface area contributed by atoms with E-state index in [0.717, 1.165) is 38.0 Å². The lowest BCUT2D eigenvalue weighted by Crippen LogP contribution is -2.44. The van der Waals surface area contributed by atoms with Gasteiger partial charge in [0.1, 0.15) is 0 Å². The zero-order chi connectivity index (χ0) is 22.5. The number of amides is 1. The first kappa shape index (κ1) is 22.3. The molecule has 0 aliphatic carbocycles. The summed E-state index contributed by atoms with van der Waals surface area (Å²) in [5.74, 6) is -0.143. The first-order valence-electron chi connectivity index (χ1n) is 11.0. The van der Waals surface area contributed by atoms with Crippen LogP contribution in [-0.4, -0.2) is 34.5 Å². The van der Waals surface area contributed by atoms with Gasteiger partial charge in [-0.1, -0.05) is 54.1 Å². The van der Waals surface area contributed by atoms with Crippen molar-refractivity contribution in [3.8, 4) is 0 Å². The molecule has 1 aliphatic rings. The normalized spacial score (nSPS) is 14.9. The molecular formula is C26H28ClN3O2. The number of nitrogens with zero attached hydrogens (tertiary/aromatic N) is 2. The highest BCUT2D eigenvalue weighted by atomic mass is 35.5. The number of hydrogen-bond acceptors (Lipinski definition) is 3. The van der Waals surface area contributed by atoms with Crippen LogP contribution in [0.1, 0.15) is 39.9 Å². The van der Waals surface area contributed by atoms with Gasteiger partial charge in [-0.05, 0) is 48.6 Å². The van der Waals surface area contributed by atoms with Crippen LogP contribution in [-0.2, 0) is 13.1 Å². The van der Waals surface area contributed by atoms with Crippen molar-refractivity contribution in [1.29, 1.82) is 0 Å². The molecule has 1 amide bonds. The van der Waals surface area contributed by atoms with Gasteiger partial charge in [0.05, 0.1) is 12.1 Å². The quantitative estimate of drug-likeness (QED) is 0.612. The Kier molecular flexibility index (Phi) is 7.08. The van der Waals surface area contributed by atoms with Crippen molar-refractivity contribution in [2.75, 3.05) is 13.1 Å². The van der Waals surface area contributed by atoms with Crippen LogP contribution in [0.2, 0.25) is 5.02 Å². The third-order valence-corrected chi connectivity index (χ3v) is 6.49. The molecule has 3 aromatic rings. The molecule has 1 N–H and O–H groups in total. The van der Waals surface area contributed by atoms with E-state index in [1.54, 1.807) is 18.3 Å². The maximum atomic E-state index is 12.8. The lowest BCUT2D eigenvalue weighted by Gasteiger charge is -2.32. The van der Waals surface area contributed by atoms with E-state index in [0.29, 0.717) is 17.1 Å². The highest BCUT2D eigenvalue weighted by Gasteiger charge is 2.22. The van der Waals surface area contributed by atoms with Crippen LogP contribution in [0.25, 0.3) is 0 Å². The van der Waals surface area contributed by atoms with Gasteiger partial charge in [-0.3, -0.25) is 14.5 Å². The number of piperidine rings is 1. The minimum absolute atomic E-state index is 0.138. The van der Waals surface area contributed by atoms with Crippen LogP contribution in [0.5, 0.6) is 0 Å². The monoisotopic (exact) mass is 449 g/mol. The Hall–Kier alpha value is -2.89. The predicted molar refractivity (Wildman–Crippen MR) is 128 cm³/mol. The fraction of sp³-hybridized carbons (Fsp3) is 0.308. The van der Waals surface area contributed by atoms with Gasteiger partial charge in [0.2, 0.25) is 0 Å². The van der Waals surface area contributed by atoms with Crippen LogP contribution in [0, 0.1) is 6.92 Å². The second kappa shape index (κ2) is 10.2. The summed E-state index contributed by atoms with van der Waals surface area (Å²) in [6.45, 7) is 5.32. The van der Waals surface area contributed by atoms with Crippen LogP contribution >= 0.6 is 11.6 Å². The van der Waals surface area contributed by atoms with Crippen LogP contribution in [0.15, 0.2) is 71.7 Å². The van der Waals surface area contributed by atoms with E-state index in [2.05, 4.69) is 41.4 Å². The summed E-state index contributed by atoms with van der Waals surface area (Å²) >= 11 is 6.23. The number of carbonyl (C=O) groups excluding carboxylic acids is 1. The van der Waals surface area contributed by atoms with Crippen LogP contribution < -0.4 is 10.9 Å². The van der Waals surface area contributed by atoms with E-state index in [1.165, 1.54) is 21.8 Å². The number of likely N-dealkylation sites (tertiary alicyclic amines) is 1. The number of carbonyl (C=O) groups is 1. The molecule has 1 aliphatic heterocycles. The number of pyridine rings is 1. The summed E-state index contributed by atoms with van der Waals surface area (Å²) in [4.78, 5) is 27.6. The minimum atomic E-state index is -0.161. The molecule has 0 saturated carbocycles. The first-order chi connectivity index (χ1) is 15.5. The second-order valence-electron chi connectivity index (χ2n) is 8.43. The van der Waals surface area contributed by atoms with Gasteiger partial charge in [-0.2, -0.15) is 0 Å². The number of benzene rings is 2. The summed E-state index contributed by atoms with van der Waals surface area (Å²) in [7, 11) is 0. The molecule has 4 rings (SSSR count). The fourth-order valence-electron chi connectivity index (χ4n) is 4.13. The van der Waals surface area contributed by atoms with Gasteiger partial charge in [-0.15, -0.1) is 0 Å². The molecule has 166 valence electrons. The van der Waals surface area contributed by atoms with Crippen molar-refractivity contribution in [3.05, 3.63) is 104 Å². The summed E-state index contributed by atoms with van der Waals surface area (Å²) in [6.07, 6.45) is 3.45. The van der Waals surface area contributed by atoms with Crippen LogP contribution in [0.4, 0.5) is 0 Å². The van der Waals surface area contributed by atoms with Gasteiger partial charge in [0.25, 0.3) is 11.5 Å². The highest BCUT2D eigenvalue weighted by Crippen LogP contribution is 2.17. The van der Waals surface area contributed by atoms with Crippen molar-refractivity contribution >= 4 is 17.5 Å². The summed E-state index contributed by atoms with van der Waals surface area (Å²) in [5, 5.41) is 3.75. The molecule has 1 fully saturated rings. The Labute approximate surface area is 193 Å². The molecular weight excluding hydrogens is 422 g/mol. The van der Waals surface area contributed by atoms with E-state index in [9.17, 15) is 9.59 Å². The molecule has 1 aromatic heterocycles. The summed E-state index contributed by atoms with van der Waals surface area (Å²) in [5.41, 5.74) is 3.84. The van der Waals surface area contributed by atoms with E-state index >= 15 is 0 Å². The predicted octanol–water partition coefficient (Wildman–Crippen LogP) is 4.25. The maximum Gasteiger partial charge on any atom is 0.252 e. The Bertz CT molecular complexity index is 1150. The number of rotatable bonds is 6. The Balaban J connectivity index is 1.35. The summed E-state index contributed by atoms with van der Waals surface area (Å²) < 4.78 is 1.53. The first-order valence-corrected chi connectivity index (χ1v) is 11.4. The van der Waals surface area contributed by atoms with Gasteiger partial charge in [-0.25, -0.2) is 0 Å². The molecule has 2 aromatic carbocycles. The van der Waals surface area contributed by atoms with Crippen LogP contribution in [0.3, 0.4) is 0 Å². The summed E-state index contributed by atoms with van der Waals surface area (Å²) in [6, 6.07) is 19.1. The Morgan fingerprint density at radius 3 is 2.38 bits per heavy atom. The van der Waals surface area contributed by atoms with E-state index in [-0.39, 0.29) is 17.5 Å². The number of hydrogen-bond donors (Lipinski definition) is 1. The van der Waals surface area contributed by atoms with Gasteiger partial charge in [0, 0.05) is 43.0 Å². The number of aryl methyl sites for hydroxylation is 1. The molecule has 32 heavy (non-hydrogen) atoms. The van der Waals surface area contributed by atoms with Crippen molar-refractivity contribution in [2.45, 2.75) is 38.9 Å². The maximum absolute atomic E-state index is 12.8. The van der Waals surface area contributed by atoms with Gasteiger partial charge < -0.3 is 9.88 Å². The van der Waals surface area contributed by atoms with Crippen molar-refractivity contribution in [1.82, 2.24) is 14.8 Å². The molecule has 6 heteroatoms. The molecule has 0 bridgehead atoms. The number of nitrogens with one attached hydrogen (secondary N) is 1. The zero-order valence-corrected chi connectivity index (χ0v) is 19.0. The topological polar surface area (TPSA) is 54.3 Å². The van der Waals surface area contributed by atoms with E-state index in [1.807, 2.05) is 18.2 Å². The lowest BCUT2D eigenvalue weighted by molar-refractivity contribution is 0.0908. The van der Waals surface area contributed by atoms with Gasteiger partial charge in [0.15, 0.2) is 0 Å². The Morgan fingerprint density at radius 1 is 0.969 bits per heavy atom. The molecule has 0 spiro atoms. The minimum Gasteiger partial charge on any atom is -0.349 e. The number of halogens is 1. The fourth-order valence-corrected chi connectivity index (χ4v) is 4.33. The lowest BCUT2D eigenvalue weighted by atomic mass is 10.0. The average Bonchev–Trinajstić information content (AvgIpc) is 2.79. The Morgan fingerprint density at radius 2 is 1.66 bits per heavy atom. The van der Waals surface area contributed by atoms with Gasteiger partial charge >= 0.3 is 0 Å². The second-order valence-corrected chi connectivity index (χ2v) is 8.83. The third-order valence-electron chi connectivity index (χ3n) is 6.12. The van der Waals surface area contributed by atoms with E-state index in [4.69, 9.17) is 11.6 Å². The molecule has 2 heterocycles. The number of aromatic nitrogens is 1. The third kappa shape index (κ3) is 5.47. The molecule has 0 atom stereocenters. The standard InChI is InChI=1S/C26H28ClN3O2/c1-19-6-2-3-7-20(19)16-29-14-12-23(13-15-29)28-26(32)22-10-11-25(31)30(18-22)17-21-8-4-5-9-24(21)27/h2-11,18,23H,12-17H2,1H3,(H,28,32). The van der Waals surface area contributed by atoms with E-state index < -0.39 is 0 Å². The smallest absolute Gasteiger partial charge is 0.252 e. The van der Waals surface area contributed by atoms with Crippen molar-refractivity contribution in [2.24, 2.45) is 0 Å². The molecule has 0 unspecified atom stereocenters. The largest absolute Gasteiger partial charge is 0.349 e. The van der Waals surface area contributed by atoms with Crippen molar-refractivity contribution in [3.63, 3.8) is 0 Å². The average molecular weight is 450 g/mol. The zero-order valence-electron chi connectivity index (χ0n) is 18.3. The molecule has 0 radical (unpaired) electrons. The molecule has 5 nitrogen and oxygen atoms in total. The van der Waals surface area contributed by atoms with Crippen molar-refractivity contribution < 1.29 is 4.79 Å².